The van der Waals surface area contributed by atoms with E-state index in [2.05, 4.69) is 0 Å². The van der Waals surface area contributed by atoms with Crippen LogP contribution in [0.5, 0.6) is 0 Å². The van der Waals surface area contributed by atoms with Crippen molar-refractivity contribution in [3.8, 4) is 0 Å². The SMILES string of the molecule is CO/C(=C/C=O)C(=O)c1ccc(Cl)cc1. The first kappa shape index (κ1) is 11.5. The van der Waals surface area contributed by atoms with Crippen molar-refractivity contribution in [3.63, 3.8) is 0 Å². The lowest BCUT2D eigenvalue weighted by atomic mass is 10.1. The first-order valence-electron chi connectivity index (χ1n) is 4.18. The zero-order valence-electron chi connectivity index (χ0n) is 8.07. The maximum absolute atomic E-state index is 11.7. The molecule has 3 nitrogen and oxygen atoms in total. The van der Waals surface area contributed by atoms with Crippen LogP contribution in [-0.2, 0) is 9.53 Å². The Morgan fingerprint density at radius 3 is 2.40 bits per heavy atom. The van der Waals surface area contributed by atoms with E-state index in [1.807, 2.05) is 0 Å². The summed E-state index contributed by atoms with van der Waals surface area (Å²) in [4.78, 5) is 21.9. The summed E-state index contributed by atoms with van der Waals surface area (Å²) in [5.74, 6) is -0.339. The average molecular weight is 225 g/mol. The van der Waals surface area contributed by atoms with Crippen LogP contribution in [0.4, 0.5) is 0 Å². The predicted octanol–water partition coefficient (Wildman–Crippen LogP) is 2.25. The number of ether oxygens (including phenoxy) is 1. The molecule has 1 rings (SSSR count). The van der Waals surface area contributed by atoms with Crippen LogP contribution in [0.25, 0.3) is 0 Å². The molecule has 0 aromatic heterocycles. The summed E-state index contributed by atoms with van der Waals surface area (Å²) >= 11 is 5.68. The van der Waals surface area contributed by atoms with E-state index in [9.17, 15) is 9.59 Å². The second-order valence-electron chi connectivity index (χ2n) is 2.71. The Labute approximate surface area is 92.3 Å². The van der Waals surface area contributed by atoms with Gasteiger partial charge >= 0.3 is 0 Å². The van der Waals surface area contributed by atoms with Crippen molar-refractivity contribution in [1.29, 1.82) is 0 Å². The number of carbonyl (C=O) groups is 2. The molecule has 0 aliphatic rings. The molecule has 0 heterocycles. The van der Waals surface area contributed by atoms with Crippen LogP contribution in [0, 0.1) is 0 Å². The molecule has 0 bridgehead atoms. The van der Waals surface area contributed by atoms with Gasteiger partial charge in [0.15, 0.2) is 5.76 Å². The summed E-state index contributed by atoms with van der Waals surface area (Å²) in [6.07, 6.45) is 1.59. The lowest BCUT2D eigenvalue weighted by molar-refractivity contribution is -0.104. The number of rotatable bonds is 4. The highest BCUT2D eigenvalue weighted by Crippen LogP contribution is 2.13. The molecule has 1 aromatic carbocycles. The Balaban J connectivity index is 2.98. The van der Waals surface area contributed by atoms with Gasteiger partial charge in [0.2, 0.25) is 5.78 Å². The van der Waals surface area contributed by atoms with E-state index in [-0.39, 0.29) is 11.5 Å². The molecule has 78 valence electrons. The number of carbonyl (C=O) groups excluding carboxylic acids is 2. The molecule has 0 aliphatic carbocycles. The topological polar surface area (TPSA) is 43.4 Å². The number of methoxy groups -OCH3 is 1. The number of allylic oxidation sites excluding steroid dienone is 2. The molecular formula is C11H9ClO3. The van der Waals surface area contributed by atoms with E-state index in [1.165, 1.54) is 7.11 Å². The minimum Gasteiger partial charge on any atom is -0.493 e. The van der Waals surface area contributed by atoms with Gasteiger partial charge in [-0.2, -0.15) is 0 Å². The smallest absolute Gasteiger partial charge is 0.227 e. The molecule has 0 saturated carbocycles. The number of ketones is 1. The minimum atomic E-state index is -0.346. The van der Waals surface area contributed by atoms with Crippen LogP contribution in [0.15, 0.2) is 36.1 Å². The van der Waals surface area contributed by atoms with Gasteiger partial charge in [0.05, 0.1) is 7.11 Å². The van der Waals surface area contributed by atoms with Crippen molar-refractivity contribution in [2.24, 2.45) is 0 Å². The van der Waals surface area contributed by atoms with E-state index in [0.717, 1.165) is 6.08 Å². The Kier molecular flexibility index (Phi) is 4.06. The summed E-state index contributed by atoms with van der Waals surface area (Å²) in [7, 11) is 1.34. The Morgan fingerprint density at radius 1 is 1.33 bits per heavy atom. The van der Waals surface area contributed by atoms with Crippen molar-refractivity contribution in [2.45, 2.75) is 0 Å². The fourth-order valence-corrected chi connectivity index (χ4v) is 1.17. The molecule has 4 heteroatoms. The second kappa shape index (κ2) is 5.32. The molecule has 0 amide bonds. The number of aldehydes is 1. The normalized spacial score (nSPS) is 10.9. The molecule has 0 atom stereocenters. The van der Waals surface area contributed by atoms with Crippen molar-refractivity contribution >= 4 is 23.7 Å². The molecule has 1 aromatic rings. The average Bonchev–Trinajstić information content (AvgIpc) is 2.26. The van der Waals surface area contributed by atoms with Gasteiger partial charge in [-0.1, -0.05) is 11.6 Å². The van der Waals surface area contributed by atoms with Crippen LogP contribution in [-0.4, -0.2) is 19.2 Å². The highest BCUT2D eigenvalue weighted by atomic mass is 35.5. The molecule has 0 radical (unpaired) electrons. The van der Waals surface area contributed by atoms with E-state index < -0.39 is 0 Å². The molecule has 15 heavy (non-hydrogen) atoms. The van der Waals surface area contributed by atoms with Crippen LogP contribution in [0.2, 0.25) is 5.02 Å². The lowest BCUT2D eigenvalue weighted by Gasteiger charge is -2.03. The quantitative estimate of drug-likeness (QED) is 0.341. The van der Waals surface area contributed by atoms with Crippen LogP contribution >= 0.6 is 11.6 Å². The molecule has 0 unspecified atom stereocenters. The standard InChI is InChI=1S/C11H9ClO3/c1-15-10(6-7-13)11(14)8-2-4-9(12)5-3-8/h2-7H,1H3/b10-6+. The minimum absolute atomic E-state index is 0.00678. The maximum Gasteiger partial charge on any atom is 0.227 e. The van der Waals surface area contributed by atoms with Gasteiger partial charge in [0, 0.05) is 16.7 Å². The van der Waals surface area contributed by atoms with Crippen LogP contribution < -0.4 is 0 Å². The molecule has 0 spiro atoms. The van der Waals surface area contributed by atoms with Crippen molar-refractivity contribution in [1.82, 2.24) is 0 Å². The van der Waals surface area contributed by atoms with Gasteiger partial charge in [-0.15, -0.1) is 0 Å². The first-order chi connectivity index (χ1) is 7.19. The first-order valence-corrected chi connectivity index (χ1v) is 4.56. The molecular weight excluding hydrogens is 216 g/mol. The Bertz CT molecular complexity index is 393. The van der Waals surface area contributed by atoms with Crippen molar-refractivity contribution in [3.05, 3.63) is 46.7 Å². The maximum atomic E-state index is 11.7. The van der Waals surface area contributed by atoms with Gasteiger partial charge in [-0.05, 0) is 24.3 Å². The summed E-state index contributed by atoms with van der Waals surface area (Å²) in [5.41, 5.74) is 0.425. The summed E-state index contributed by atoms with van der Waals surface area (Å²) in [6.45, 7) is 0. The van der Waals surface area contributed by atoms with Gasteiger partial charge in [-0.3, -0.25) is 9.59 Å². The predicted molar refractivity (Wildman–Crippen MR) is 56.9 cm³/mol. The number of hydrogen-bond donors (Lipinski definition) is 0. The largest absolute Gasteiger partial charge is 0.493 e. The molecule has 0 saturated heterocycles. The number of Topliss-reactive ketones (excluding diaryl/α,β-unsaturated/α-hetero) is 1. The van der Waals surface area contributed by atoms with Gasteiger partial charge in [0.1, 0.15) is 6.29 Å². The molecule has 0 N–H and O–H groups in total. The zero-order chi connectivity index (χ0) is 11.3. The second-order valence-corrected chi connectivity index (χ2v) is 3.14. The fourth-order valence-electron chi connectivity index (χ4n) is 1.04. The van der Waals surface area contributed by atoms with E-state index in [4.69, 9.17) is 16.3 Å². The Hall–Kier alpha value is -1.61. The van der Waals surface area contributed by atoms with E-state index >= 15 is 0 Å². The monoisotopic (exact) mass is 224 g/mol. The summed E-state index contributed by atoms with van der Waals surface area (Å²) in [5, 5.41) is 0.546. The number of benzene rings is 1. The fraction of sp³-hybridized carbons (Fsp3) is 0.0909. The number of halogens is 1. The van der Waals surface area contributed by atoms with Crippen LogP contribution in [0.3, 0.4) is 0 Å². The molecule has 0 aliphatic heterocycles. The third-order valence-electron chi connectivity index (χ3n) is 1.77. The van der Waals surface area contributed by atoms with Crippen LogP contribution in [0.1, 0.15) is 10.4 Å². The third-order valence-corrected chi connectivity index (χ3v) is 2.02. The zero-order valence-corrected chi connectivity index (χ0v) is 8.82. The number of hydrogen-bond acceptors (Lipinski definition) is 3. The highest BCUT2D eigenvalue weighted by molar-refractivity contribution is 6.30. The van der Waals surface area contributed by atoms with Gasteiger partial charge in [-0.25, -0.2) is 0 Å². The Morgan fingerprint density at radius 2 is 1.93 bits per heavy atom. The lowest BCUT2D eigenvalue weighted by Crippen LogP contribution is -2.05. The molecule has 0 fully saturated rings. The summed E-state index contributed by atoms with van der Waals surface area (Å²) < 4.78 is 4.78. The highest BCUT2D eigenvalue weighted by Gasteiger charge is 2.11. The van der Waals surface area contributed by atoms with Crippen molar-refractivity contribution < 1.29 is 14.3 Å². The summed E-state index contributed by atoms with van der Waals surface area (Å²) in [6, 6.07) is 6.34. The van der Waals surface area contributed by atoms with E-state index in [1.54, 1.807) is 24.3 Å². The van der Waals surface area contributed by atoms with Crippen molar-refractivity contribution in [2.75, 3.05) is 7.11 Å². The van der Waals surface area contributed by atoms with Gasteiger partial charge in [0.25, 0.3) is 0 Å². The van der Waals surface area contributed by atoms with E-state index in [0.29, 0.717) is 16.9 Å². The third kappa shape index (κ3) is 2.92. The van der Waals surface area contributed by atoms with Gasteiger partial charge < -0.3 is 4.74 Å².